The largest absolute Gasteiger partial charge is 0.299 e. The summed E-state index contributed by atoms with van der Waals surface area (Å²) in [6, 6.07) is 6.52. The van der Waals surface area contributed by atoms with Crippen molar-refractivity contribution < 1.29 is 0 Å². The molecule has 0 aliphatic carbocycles. The first-order chi connectivity index (χ1) is 5.52. The van der Waals surface area contributed by atoms with Crippen LogP contribution in [-0.4, -0.2) is 31.6 Å². The molecule has 0 amide bonds. The first-order valence-corrected chi connectivity index (χ1v) is 8.10. The van der Waals surface area contributed by atoms with Crippen LogP contribution in [0.4, 0.5) is 0 Å². The van der Waals surface area contributed by atoms with E-state index in [1.807, 2.05) is 0 Å². The summed E-state index contributed by atoms with van der Waals surface area (Å²) in [6.07, 6.45) is 0. The van der Waals surface area contributed by atoms with Gasteiger partial charge in [0.1, 0.15) is 0 Å². The van der Waals surface area contributed by atoms with Crippen LogP contribution in [0.1, 0.15) is 20.8 Å². The van der Waals surface area contributed by atoms with Crippen LogP contribution in [0.5, 0.6) is 0 Å². The van der Waals surface area contributed by atoms with E-state index in [1.54, 1.807) is 24.2 Å². The number of hydrogen-bond donors (Lipinski definition) is 0. The Bertz CT molecular complexity index is 169. The highest BCUT2D eigenvalue weighted by molar-refractivity contribution is 6.89. The van der Waals surface area contributed by atoms with Crippen LogP contribution in [-0.2, 0) is 0 Å². The molecular weight excluding hydrogens is 162 g/mol. The van der Waals surface area contributed by atoms with Gasteiger partial charge in [-0.25, -0.2) is 0 Å². The topological polar surface area (TPSA) is 3.24 Å². The molecule has 0 N–H and O–H groups in total. The van der Waals surface area contributed by atoms with Gasteiger partial charge in [-0.05, 0) is 45.9 Å². The average Bonchev–Trinajstić information content (AvgIpc) is 2.68. The molecule has 0 radical (unpaired) electrons. The monoisotopic (exact) mass is 183 g/mol. The number of hydrogen-bond acceptors (Lipinski definition) is 1. The molecule has 2 rings (SSSR count). The van der Waals surface area contributed by atoms with E-state index >= 15 is 0 Å². The van der Waals surface area contributed by atoms with Crippen molar-refractivity contribution >= 4 is 8.07 Å². The van der Waals surface area contributed by atoms with Gasteiger partial charge in [0.15, 0.2) is 0 Å². The Kier molecular flexibility index (Phi) is 1.88. The Morgan fingerprint density at radius 1 is 0.917 bits per heavy atom. The van der Waals surface area contributed by atoms with E-state index in [4.69, 9.17) is 0 Å². The zero-order valence-corrected chi connectivity index (χ0v) is 9.69. The van der Waals surface area contributed by atoms with E-state index in [-0.39, 0.29) is 0 Å². The third-order valence-corrected chi connectivity index (χ3v) is 8.21. The van der Waals surface area contributed by atoms with E-state index in [2.05, 4.69) is 25.7 Å². The lowest BCUT2D eigenvalue weighted by molar-refractivity contribution is 0.146. The van der Waals surface area contributed by atoms with E-state index in [9.17, 15) is 0 Å². The lowest BCUT2D eigenvalue weighted by atomic mass is 10.1. The maximum Gasteiger partial charge on any atom is 0.0555 e. The molecular formula is C10H21NSi. The van der Waals surface area contributed by atoms with Gasteiger partial charge in [0.2, 0.25) is 0 Å². The molecule has 1 nitrogen and oxygen atoms in total. The summed E-state index contributed by atoms with van der Waals surface area (Å²) in [7, 11) is -0.503. The summed E-state index contributed by atoms with van der Waals surface area (Å²) in [5.74, 6) is 0. The highest BCUT2D eigenvalue weighted by Gasteiger charge is 2.47. The fourth-order valence-corrected chi connectivity index (χ4v) is 6.48. The summed E-state index contributed by atoms with van der Waals surface area (Å²) in [4.78, 5) is 2.67. The number of nitrogens with zero attached hydrogens (tertiary/aromatic N) is 1. The zero-order chi connectivity index (χ0) is 8.82. The number of rotatable bonds is 0. The first kappa shape index (κ1) is 8.76. The Morgan fingerprint density at radius 2 is 1.42 bits per heavy atom. The highest BCUT2D eigenvalue weighted by Crippen LogP contribution is 2.46. The second kappa shape index (κ2) is 2.58. The molecule has 0 aromatic carbocycles. The van der Waals surface area contributed by atoms with Gasteiger partial charge in [-0.15, -0.1) is 0 Å². The minimum atomic E-state index is -0.503. The predicted octanol–water partition coefficient (Wildman–Crippen LogP) is 2.56. The quantitative estimate of drug-likeness (QED) is 0.522. The molecule has 2 saturated heterocycles. The third kappa shape index (κ3) is 1.60. The molecule has 2 aliphatic heterocycles. The van der Waals surface area contributed by atoms with Crippen molar-refractivity contribution in [1.29, 1.82) is 0 Å². The predicted molar refractivity (Wildman–Crippen MR) is 56.3 cm³/mol. The molecule has 2 heterocycles. The Labute approximate surface area is 77.2 Å². The van der Waals surface area contributed by atoms with Gasteiger partial charge in [-0.2, -0.15) is 0 Å². The van der Waals surface area contributed by atoms with Gasteiger partial charge in [0.05, 0.1) is 8.07 Å². The van der Waals surface area contributed by atoms with Crippen LogP contribution in [0.15, 0.2) is 0 Å². The summed E-state index contributed by atoms with van der Waals surface area (Å²) in [5.41, 5.74) is 0.422. The first-order valence-electron chi connectivity index (χ1n) is 5.27. The van der Waals surface area contributed by atoms with Crippen LogP contribution >= 0.6 is 0 Å². The zero-order valence-electron chi connectivity index (χ0n) is 8.69. The van der Waals surface area contributed by atoms with E-state index < -0.39 is 8.07 Å². The van der Waals surface area contributed by atoms with Crippen LogP contribution in [0, 0.1) is 0 Å². The molecule has 0 bridgehead atoms. The molecule has 1 spiro atoms. The van der Waals surface area contributed by atoms with Crippen molar-refractivity contribution in [2.45, 2.75) is 50.5 Å². The van der Waals surface area contributed by atoms with Crippen molar-refractivity contribution in [1.82, 2.24) is 4.90 Å². The molecule has 2 aliphatic rings. The van der Waals surface area contributed by atoms with Gasteiger partial charge < -0.3 is 0 Å². The Balaban J connectivity index is 1.90. The lowest BCUT2D eigenvalue weighted by Gasteiger charge is -2.40. The molecule has 70 valence electrons. The van der Waals surface area contributed by atoms with Crippen LogP contribution in [0.25, 0.3) is 0 Å². The fourth-order valence-electron chi connectivity index (χ4n) is 2.33. The minimum Gasteiger partial charge on any atom is -0.299 e. The molecule has 0 atom stereocenters. The van der Waals surface area contributed by atoms with Crippen molar-refractivity contribution in [3.63, 3.8) is 0 Å². The maximum absolute atomic E-state index is 2.67. The molecule has 0 aromatic rings. The van der Waals surface area contributed by atoms with Gasteiger partial charge in [-0.3, -0.25) is 4.90 Å². The van der Waals surface area contributed by atoms with Crippen molar-refractivity contribution in [2.75, 3.05) is 13.1 Å². The van der Waals surface area contributed by atoms with Crippen molar-refractivity contribution in [2.24, 2.45) is 0 Å². The Hall–Kier alpha value is 0.177. The van der Waals surface area contributed by atoms with Crippen molar-refractivity contribution in [3.05, 3.63) is 0 Å². The lowest BCUT2D eigenvalue weighted by Crippen LogP contribution is -2.48. The van der Waals surface area contributed by atoms with Gasteiger partial charge in [-0.1, -0.05) is 12.1 Å². The van der Waals surface area contributed by atoms with Crippen molar-refractivity contribution in [3.8, 4) is 0 Å². The molecule has 12 heavy (non-hydrogen) atoms. The second-order valence-corrected chi connectivity index (χ2v) is 10.7. The van der Waals surface area contributed by atoms with Crippen LogP contribution in [0.2, 0.25) is 24.2 Å². The van der Waals surface area contributed by atoms with Gasteiger partial charge in [0, 0.05) is 5.54 Å². The normalized spacial score (nSPS) is 29.2. The highest BCUT2D eigenvalue weighted by atomic mass is 28.3. The van der Waals surface area contributed by atoms with Gasteiger partial charge >= 0.3 is 0 Å². The molecule has 0 unspecified atom stereocenters. The fraction of sp³-hybridized carbons (Fsp3) is 1.00. The second-order valence-electron chi connectivity index (χ2n) is 5.66. The minimum absolute atomic E-state index is 0.422. The SMILES string of the molecule is CC(C)(C)N1CC[Si]2(CC1)CC2. The van der Waals surface area contributed by atoms with Crippen LogP contribution in [0.3, 0.4) is 0 Å². The van der Waals surface area contributed by atoms with E-state index in [0.29, 0.717) is 5.54 Å². The molecule has 0 saturated carbocycles. The van der Waals surface area contributed by atoms with E-state index in [1.165, 1.54) is 13.1 Å². The van der Waals surface area contributed by atoms with Gasteiger partial charge in [0.25, 0.3) is 0 Å². The molecule has 2 heteroatoms. The third-order valence-electron chi connectivity index (χ3n) is 3.73. The Morgan fingerprint density at radius 3 is 1.75 bits per heavy atom. The summed E-state index contributed by atoms with van der Waals surface area (Å²) in [6.45, 7) is 9.84. The molecule has 0 aromatic heterocycles. The molecule has 2 fully saturated rings. The summed E-state index contributed by atoms with van der Waals surface area (Å²) >= 11 is 0. The standard InChI is InChI=1S/C10H21NSi/c1-10(2,3)11-4-6-12(7-5-11)8-9-12/h4-9H2,1-3H3. The summed E-state index contributed by atoms with van der Waals surface area (Å²) in [5, 5.41) is 0. The summed E-state index contributed by atoms with van der Waals surface area (Å²) < 4.78 is 0. The van der Waals surface area contributed by atoms with E-state index in [0.717, 1.165) is 0 Å². The van der Waals surface area contributed by atoms with Crippen LogP contribution < -0.4 is 0 Å². The maximum atomic E-state index is 2.67. The average molecular weight is 183 g/mol. The smallest absolute Gasteiger partial charge is 0.0555 e.